The van der Waals surface area contributed by atoms with Crippen molar-refractivity contribution in [2.75, 3.05) is 19.6 Å². The number of hydrogen-bond donors (Lipinski definition) is 1. The Hall–Kier alpha value is -2.09. The molecule has 1 aromatic carbocycles. The van der Waals surface area contributed by atoms with Crippen molar-refractivity contribution in [2.45, 2.75) is 43.4 Å². The van der Waals surface area contributed by atoms with E-state index in [-0.39, 0.29) is 11.9 Å². The van der Waals surface area contributed by atoms with E-state index in [0.717, 1.165) is 35.4 Å². The number of amides is 1. The molecule has 1 aliphatic rings. The number of carbonyl (C=O) groups excluding carboxylic acids is 1. The summed E-state index contributed by atoms with van der Waals surface area (Å²) in [6.45, 7) is 7.03. The van der Waals surface area contributed by atoms with Crippen molar-refractivity contribution >= 4 is 29.0 Å². The maximum Gasteiger partial charge on any atom is 0.252 e. The quantitative estimate of drug-likeness (QED) is 0.452. The number of piperidine rings is 1. The van der Waals surface area contributed by atoms with Gasteiger partial charge in [-0.15, -0.1) is 23.1 Å². The molecule has 7 heteroatoms. The van der Waals surface area contributed by atoms with Gasteiger partial charge in [-0.2, -0.15) is 0 Å². The minimum absolute atomic E-state index is 0.0243. The van der Waals surface area contributed by atoms with E-state index in [9.17, 15) is 4.79 Å². The van der Waals surface area contributed by atoms with Crippen LogP contribution in [0.15, 0.2) is 57.3 Å². The number of benzene rings is 1. The summed E-state index contributed by atoms with van der Waals surface area (Å²) < 4.78 is 5.31. The van der Waals surface area contributed by atoms with Crippen molar-refractivity contribution in [2.24, 2.45) is 5.92 Å². The first-order valence-corrected chi connectivity index (χ1v) is 12.7. The zero-order valence-corrected chi connectivity index (χ0v) is 19.7. The maximum atomic E-state index is 13.1. The number of thiophene rings is 1. The van der Waals surface area contributed by atoms with Crippen LogP contribution in [-0.4, -0.2) is 35.6 Å². The van der Waals surface area contributed by atoms with E-state index >= 15 is 0 Å². The van der Waals surface area contributed by atoms with Gasteiger partial charge in [0.15, 0.2) is 0 Å². The number of aryl methyl sites for hydroxylation is 1. The molecule has 1 aliphatic heterocycles. The van der Waals surface area contributed by atoms with Crippen LogP contribution >= 0.6 is 23.1 Å². The number of nitrogens with zero attached hydrogens (tertiary/aromatic N) is 2. The Morgan fingerprint density at radius 1 is 1.29 bits per heavy atom. The largest absolute Gasteiger partial charge is 0.360 e. The van der Waals surface area contributed by atoms with Crippen LogP contribution in [0, 0.1) is 12.8 Å². The minimum atomic E-state index is -0.0243. The molecule has 4 rings (SSSR count). The third-order valence-corrected chi connectivity index (χ3v) is 7.83. The van der Waals surface area contributed by atoms with Crippen molar-refractivity contribution in [1.29, 1.82) is 0 Å². The van der Waals surface area contributed by atoms with Gasteiger partial charge in [-0.05, 0) is 62.4 Å². The van der Waals surface area contributed by atoms with E-state index in [0.29, 0.717) is 17.9 Å². The second-order valence-corrected chi connectivity index (χ2v) is 10.2. The summed E-state index contributed by atoms with van der Waals surface area (Å²) in [6.07, 6.45) is 2.44. The Morgan fingerprint density at radius 3 is 2.81 bits per heavy atom. The third kappa shape index (κ3) is 5.79. The van der Waals surface area contributed by atoms with Gasteiger partial charge in [-0.25, -0.2) is 0 Å². The first-order valence-electron chi connectivity index (χ1n) is 10.8. The molecule has 31 heavy (non-hydrogen) atoms. The summed E-state index contributed by atoms with van der Waals surface area (Å²) >= 11 is 3.37. The highest BCUT2D eigenvalue weighted by Gasteiger charge is 2.26. The fourth-order valence-electron chi connectivity index (χ4n) is 3.93. The van der Waals surface area contributed by atoms with Crippen LogP contribution in [0.3, 0.4) is 0 Å². The predicted molar refractivity (Wildman–Crippen MR) is 127 cm³/mol. The second-order valence-electron chi connectivity index (χ2n) is 8.18. The van der Waals surface area contributed by atoms with Crippen LogP contribution < -0.4 is 5.32 Å². The van der Waals surface area contributed by atoms with Gasteiger partial charge in [0.05, 0.1) is 23.1 Å². The van der Waals surface area contributed by atoms with E-state index in [1.807, 2.05) is 37.3 Å². The molecule has 0 radical (unpaired) electrons. The Bertz CT molecular complexity index is 978. The summed E-state index contributed by atoms with van der Waals surface area (Å²) in [5, 5.41) is 9.27. The Balaban J connectivity index is 1.42. The number of hydrogen-bond acceptors (Lipinski definition) is 6. The molecule has 1 amide bonds. The standard InChI is InChI=1S/C24H29N3O2S2/c1-17-9-11-27(12-10-17)21(23-8-5-13-30-23)15-25-24(28)20-6-3-4-7-22(20)31-16-19-14-18(2)26-29-19/h3-8,13-14,17,21H,9-12,15-16H2,1-2H3,(H,25,28). The fourth-order valence-corrected chi connectivity index (χ4v) is 5.71. The van der Waals surface area contributed by atoms with E-state index in [4.69, 9.17) is 4.52 Å². The zero-order valence-electron chi connectivity index (χ0n) is 18.0. The van der Waals surface area contributed by atoms with Crippen LogP contribution in [-0.2, 0) is 5.75 Å². The van der Waals surface area contributed by atoms with Crippen molar-refractivity contribution in [3.63, 3.8) is 0 Å². The molecule has 2 aromatic heterocycles. The average Bonchev–Trinajstić information content (AvgIpc) is 3.46. The van der Waals surface area contributed by atoms with E-state index < -0.39 is 0 Å². The van der Waals surface area contributed by atoms with Gasteiger partial charge in [-0.1, -0.05) is 30.3 Å². The van der Waals surface area contributed by atoms with E-state index in [2.05, 4.69) is 39.8 Å². The molecular weight excluding hydrogens is 426 g/mol. The molecule has 1 fully saturated rings. The van der Waals surface area contributed by atoms with E-state index in [1.165, 1.54) is 17.7 Å². The highest BCUT2D eigenvalue weighted by molar-refractivity contribution is 7.98. The summed E-state index contributed by atoms with van der Waals surface area (Å²) in [5.41, 5.74) is 1.58. The maximum absolute atomic E-state index is 13.1. The monoisotopic (exact) mass is 455 g/mol. The van der Waals surface area contributed by atoms with Crippen molar-refractivity contribution in [3.05, 3.63) is 69.7 Å². The summed E-state index contributed by atoms with van der Waals surface area (Å²) in [6, 6.07) is 14.2. The van der Waals surface area contributed by atoms with Crippen LogP contribution in [0.2, 0.25) is 0 Å². The molecule has 3 aromatic rings. The summed E-state index contributed by atoms with van der Waals surface area (Å²) in [4.78, 5) is 17.9. The Morgan fingerprint density at radius 2 is 2.10 bits per heavy atom. The third-order valence-electron chi connectivity index (χ3n) is 5.76. The fraction of sp³-hybridized carbons (Fsp3) is 0.417. The zero-order chi connectivity index (χ0) is 21.6. The smallest absolute Gasteiger partial charge is 0.252 e. The molecule has 0 spiro atoms. The van der Waals surface area contributed by atoms with Gasteiger partial charge in [0.25, 0.3) is 5.91 Å². The summed E-state index contributed by atoms with van der Waals surface area (Å²) in [7, 11) is 0. The molecule has 1 N–H and O–H groups in total. The Labute approximate surface area is 192 Å². The van der Waals surface area contributed by atoms with Gasteiger partial charge in [-0.3, -0.25) is 9.69 Å². The second kappa shape index (κ2) is 10.5. The van der Waals surface area contributed by atoms with Gasteiger partial charge < -0.3 is 9.84 Å². The highest BCUT2D eigenvalue weighted by Crippen LogP contribution is 2.30. The molecular formula is C24H29N3O2S2. The lowest BCUT2D eigenvalue weighted by molar-refractivity contribution is 0.0912. The van der Waals surface area contributed by atoms with Crippen LogP contribution in [0.1, 0.15) is 52.5 Å². The van der Waals surface area contributed by atoms with Gasteiger partial charge in [0, 0.05) is 22.4 Å². The number of thioether (sulfide) groups is 1. The number of likely N-dealkylation sites (tertiary alicyclic amines) is 1. The van der Waals surface area contributed by atoms with Crippen molar-refractivity contribution in [3.8, 4) is 0 Å². The Kier molecular flexibility index (Phi) is 7.48. The van der Waals surface area contributed by atoms with Crippen molar-refractivity contribution < 1.29 is 9.32 Å². The van der Waals surface area contributed by atoms with Crippen molar-refractivity contribution in [1.82, 2.24) is 15.4 Å². The molecule has 1 atom stereocenters. The number of rotatable bonds is 8. The molecule has 0 bridgehead atoms. The molecule has 164 valence electrons. The first kappa shape index (κ1) is 22.1. The lowest BCUT2D eigenvalue weighted by Gasteiger charge is -2.36. The number of aromatic nitrogens is 1. The summed E-state index contributed by atoms with van der Waals surface area (Å²) in [5.74, 6) is 2.22. The number of carbonyl (C=O) groups is 1. The molecule has 0 saturated carbocycles. The first-order chi connectivity index (χ1) is 15.1. The normalized spacial score (nSPS) is 16.3. The molecule has 5 nitrogen and oxygen atoms in total. The van der Waals surface area contributed by atoms with E-state index in [1.54, 1.807) is 23.1 Å². The van der Waals surface area contributed by atoms with Gasteiger partial charge >= 0.3 is 0 Å². The minimum Gasteiger partial charge on any atom is -0.360 e. The molecule has 1 saturated heterocycles. The molecule has 1 unspecified atom stereocenters. The SMILES string of the molecule is Cc1cc(CSc2ccccc2C(=O)NCC(c2cccs2)N2CCC(C)CC2)on1. The van der Waals surface area contributed by atoms with Crippen LogP contribution in [0.5, 0.6) is 0 Å². The number of nitrogens with one attached hydrogen (secondary N) is 1. The lowest BCUT2D eigenvalue weighted by Crippen LogP contribution is -2.41. The lowest BCUT2D eigenvalue weighted by atomic mass is 9.97. The molecule has 3 heterocycles. The predicted octanol–water partition coefficient (Wildman–Crippen LogP) is 5.54. The molecule has 0 aliphatic carbocycles. The average molecular weight is 456 g/mol. The topological polar surface area (TPSA) is 58.4 Å². The van der Waals surface area contributed by atoms with Gasteiger partial charge in [0.2, 0.25) is 0 Å². The van der Waals surface area contributed by atoms with Gasteiger partial charge in [0.1, 0.15) is 5.76 Å². The van der Waals surface area contributed by atoms with Crippen LogP contribution in [0.25, 0.3) is 0 Å². The highest BCUT2D eigenvalue weighted by atomic mass is 32.2. The van der Waals surface area contributed by atoms with Crippen LogP contribution in [0.4, 0.5) is 0 Å².